The lowest BCUT2D eigenvalue weighted by molar-refractivity contribution is -0.118. The number of piperazine rings is 1. The van der Waals surface area contributed by atoms with Gasteiger partial charge in [0, 0.05) is 99.6 Å². The van der Waals surface area contributed by atoms with E-state index in [1.807, 2.05) is 0 Å². The quantitative estimate of drug-likeness (QED) is 0.0321. The number of aromatic nitrogens is 4. The fourth-order valence-corrected chi connectivity index (χ4v) is 14.2. The van der Waals surface area contributed by atoms with Crippen LogP contribution >= 0.6 is 46.4 Å². The average Bonchev–Trinajstić information content (AvgIpc) is 0.771. The number of amides is 6. The second kappa shape index (κ2) is 28.4. The second-order valence-corrected chi connectivity index (χ2v) is 25.5. The van der Waals surface area contributed by atoms with E-state index in [0.717, 1.165) is 64.8 Å². The van der Waals surface area contributed by atoms with Crippen molar-refractivity contribution in [3.63, 3.8) is 0 Å². The molecule has 480 valence electrons. The summed E-state index contributed by atoms with van der Waals surface area (Å²) < 4.78 is 47.9. The molecule has 0 spiro atoms. The van der Waals surface area contributed by atoms with Gasteiger partial charge in [0.15, 0.2) is 0 Å². The number of benzene rings is 3. The van der Waals surface area contributed by atoms with Crippen LogP contribution in [0, 0.1) is 0 Å². The fraction of sp³-hybridized carbons (Fsp3) is 0.433. The minimum Gasteiger partial charge on any atom is -0.495 e. The van der Waals surface area contributed by atoms with Crippen molar-refractivity contribution in [2.24, 2.45) is 5.14 Å². The number of hydrogen-bond donors (Lipinski definition) is 5. The first-order valence-corrected chi connectivity index (χ1v) is 32.4. The molecule has 5 unspecified atom stereocenters. The van der Waals surface area contributed by atoms with Crippen molar-refractivity contribution in [3.8, 4) is 23.0 Å². The summed E-state index contributed by atoms with van der Waals surface area (Å²) in [6.07, 6.45) is 11.9. The monoisotopic (exact) mass is 1330 g/mol. The molecule has 10 rings (SSSR count). The first kappa shape index (κ1) is 65.5. The molecule has 6 N–H and O–H groups in total. The molecule has 5 atom stereocenters. The molecule has 1 saturated heterocycles. The van der Waals surface area contributed by atoms with Crippen molar-refractivity contribution < 1.29 is 46.5 Å². The molecule has 0 bridgehead atoms. The molecule has 6 amide bonds. The highest BCUT2D eigenvalue weighted by Crippen LogP contribution is 2.50. The number of carbonyl (C=O) groups excluding carboxylic acids is 4. The van der Waals surface area contributed by atoms with E-state index in [4.69, 9.17) is 80.5 Å². The van der Waals surface area contributed by atoms with Gasteiger partial charge in [0.1, 0.15) is 54.7 Å². The number of halogens is 4. The summed E-state index contributed by atoms with van der Waals surface area (Å²) in [5, 5.41) is 18.9. The van der Waals surface area contributed by atoms with E-state index in [1.165, 1.54) is 71.3 Å². The molecule has 2 aromatic heterocycles. The zero-order valence-electron chi connectivity index (χ0n) is 50.1. The molecular weight excluding hydrogens is 1260 g/mol. The van der Waals surface area contributed by atoms with Gasteiger partial charge in [-0.25, -0.2) is 33.1 Å². The minimum absolute atomic E-state index is 0.0541. The van der Waals surface area contributed by atoms with Crippen molar-refractivity contribution in [2.75, 3.05) is 97.9 Å². The number of fused-ring (bicyclic) bond motifs is 2. The number of carbonyl (C=O) groups is 4. The van der Waals surface area contributed by atoms with Crippen LogP contribution in [0.3, 0.4) is 0 Å². The summed E-state index contributed by atoms with van der Waals surface area (Å²) in [5.41, 5.74) is 1.97. The SMILES string of the molecule is C=CC(=O)NC1CC(N2CCN(CCCOc3cc(OC)c(Cl)c(N4Cc5cnc(NC6CCCCC6NC(=O)C=C)nc5N(Cc5cccc(S(N)(=O)=O)c5)C4=O)c3Cl)CC2)CCC1Nc1ncc2c(n1)N(C)C(=O)N(c1c(Cl)c(OC)cc(OC)c1Cl)C2. The third-order valence-electron chi connectivity index (χ3n) is 16.9. The van der Waals surface area contributed by atoms with E-state index in [9.17, 15) is 22.8 Å². The van der Waals surface area contributed by atoms with Crippen molar-refractivity contribution in [2.45, 2.75) is 106 Å². The van der Waals surface area contributed by atoms with Crippen LogP contribution in [0.15, 0.2) is 79.0 Å². The Morgan fingerprint density at radius 1 is 0.700 bits per heavy atom. The zero-order chi connectivity index (χ0) is 64.1. The Hall–Kier alpha value is -7.43. The smallest absolute Gasteiger partial charge is 0.330 e. The van der Waals surface area contributed by atoms with Gasteiger partial charge >= 0.3 is 12.1 Å². The molecule has 0 radical (unpaired) electrons. The maximum atomic E-state index is 15.1. The van der Waals surface area contributed by atoms with E-state index in [0.29, 0.717) is 47.7 Å². The number of ether oxygens (including phenoxy) is 4. The number of urea groups is 2. The lowest BCUT2D eigenvalue weighted by atomic mass is 9.85. The van der Waals surface area contributed by atoms with Crippen LogP contribution in [-0.2, 0) is 39.2 Å². The van der Waals surface area contributed by atoms with Crippen LogP contribution in [0.2, 0.25) is 20.1 Å². The van der Waals surface area contributed by atoms with Crippen LogP contribution in [0.4, 0.5) is 44.5 Å². The standard InChI is InChI=1S/C60H71Cl4N15O10S/c1-7-47(80)68-39-15-9-10-16-40(39)70-58-67-30-36-33-78(60(83)79(56(36)73-58)31-34-13-11-14-38(25-34)90(65,84)85)54-51(63)45(88-6)28-46(52(54)64)89-24-12-19-75-20-22-76(23-21-75)37-17-18-41(42(26-37)69-48(81)8-2)71-57-66-29-35-32-77(59(82)74(3)55(35)72-57)53-49(61)43(86-4)27-44(87-5)50(53)62/h7-8,11,13-14,25,27-30,37,39-42H,1-2,9-10,12,15-24,26,31-33H2,3-6H3,(H,68,80)(H,69,81)(H2,65,84,85)(H,66,71,72)(H,67,70,73). The number of hydrogen-bond acceptors (Lipinski definition) is 18. The molecule has 25 nitrogen and oxygen atoms in total. The van der Waals surface area contributed by atoms with Gasteiger partial charge in [0.05, 0.1) is 69.9 Å². The molecule has 2 aliphatic carbocycles. The Morgan fingerprint density at radius 2 is 1.23 bits per heavy atom. The largest absolute Gasteiger partial charge is 0.495 e. The first-order chi connectivity index (χ1) is 43.2. The Kier molecular flexibility index (Phi) is 20.7. The summed E-state index contributed by atoms with van der Waals surface area (Å²) in [6, 6.07) is 7.34. The van der Waals surface area contributed by atoms with Crippen molar-refractivity contribution in [3.05, 3.63) is 111 Å². The number of methoxy groups -OCH3 is 3. The van der Waals surface area contributed by atoms with Crippen LogP contribution < -0.4 is 65.0 Å². The van der Waals surface area contributed by atoms with Gasteiger partial charge in [-0.05, 0) is 68.4 Å². The Morgan fingerprint density at radius 3 is 1.82 bits per heavy atom. The van der Waals surface area contributed by atoms with Crippen LogP contribution in [0.1, 0.15) is 68.1 Å². The fourth-order valence-electron chi connectivity index (χ4n) is 12.3. The van der Waals surface area contributed by atoms with E-state index in [1.54, 1.807) is 37.6 Å². The summed E-state index contributed by atoms with van der Waals surface area (Å²) in [6.45, 7) is 11.4. The number of sulfonamides is 1. The number of nitrogens with zero attached hydrogens (tertiary/aromatic N) is 10. The van der Waals surface area contributed by atoms with Gasteiger partial charge in [0.2, 0.25) is 33.7 Å². The predicted molar refractivity (Wildman–Crippen MR) is 346 cm³/mol. The van der Waals surface area contributed by atoms with Gasteiger partial charge in [-0.15, -0.1) is 0 Å². The van der Waals surface area contributed by atoms with Gasteiger partial charge in [-0.1, -0.05) is 84.5 Å². The molecule has 30 heteroatoms. The minimum atomic E-state index is -4.09. The van der Waals surface area contributed by atoms with E-state index >= 15 is 4.79 Å². The van der Waals surface area contributed by atoms with Crippen molar-refractivity contribution >= 4 is 115 Å². The third-order valence-corrected chi connectivity index (χ3v) is 19.3. The predicted octanol–water partition coefficient (Wildman–Crippen LogP) is 8.39. The first-order valence-electron chi connectivity index (χ1n) is 29.3. The van der Waals surface area contributed by atoms with E-state index < -0.39 is 22.1 Å². The van der Waals surface area contributed by atoms with Crippen molar-refractivity contribution in [1.29, 1.82) is 0 Å². The second-order valence-electron chi connectivity index (χ2n) is 22.4. The van der Waals surface area contributed by atoms with E-state index in [2.05, 4.69) is 54.2 Å². The molecule has 3 aromatic carbocycles. The molecule has 3 aliphatic heterocycles. The molecular formula is C60H71Cl4N15O10S. The lowest BCUT2D eigenvalue weighted by Crippen LogP contribution is -2.57. The van der Waals surface area contributed by atoms with Crippen LogP contribution in [0.25, 0.3) is 0 Å². The van der Waals surface area contributed by atoms with E-state index in [-0.39, 0.29) is 139 Å². The summed E-state index contributed by atoms with van der Waals surface area (Å²) in [5.74, 6) is 1.65. The number of nitrogens with one attached hydrogen (secondary N) is 4. The summed E-state index contributed by atoms with van der Waals surface area (Å²) in [4.78, 5) is 83.5. The number of primary sulfonamides is 1. The highest BCUT2D eigenvalue weighted by Gasteiger charge is 2.40. The summed E-state index contributed by atoms with van der Waals surface area (Å²) in [7, 11) is 1.88. The molecule has 2 saturated carbocycles. The lowest BCUT2D eigenvalue weighted by Gasteiger charge is -2.44. The number of rotatable bonds is 22. The summed E-state index contributed by atoms with van der Waals surface area (Å²) >= 11 is 27.7. The Balaban J connectivity index is 0.773. The third kappa shape index (κ3) is 14.2. The van der Waals surface area contributed by atoms with Gasteiger partial charge in [-0.2, -0.15) is 9.97 Å². The van der Waals surface area contributed by atoms with Crippen molar-refractivity contribution in [1.82, 2.24) is 40.4 Å². The molecule has 5 aliphatic rings. The maximum absolute atomic E-state index is 15.1. The molecule has 90 heavy (non-hydrogen) atoms. The molecule has 5 heterocycles. The maximum Gasteiger partial charge on any atom is 0.330 e. The zero-order valence-corrected chi connectivity index (χ0v) is 54.0. The topological polar surface area (TPSA) is 284 Å². The van der Waals surface area contributed by atoms with Crippen LogP contribution in [-0.4, -0.2) is 160 Å². The Labute approximate surface area is 542 Å². The van der Waals surface area contributed by atoms with Crippen LogP contribution in [0.5, 0.6) is 23.0 Å². The Bertz CT molecular complexity index is 3670. The van der Waals surface area contributed by atoms with Gasteiger partial charge < -0.3 is 45.1 Å². The highest BCUT2D eigenvalue weighted by atomic mass is 35.5. The molecule has 3 fully saturated rings. The molecule has 5 aromatic rings. The van der Waals surface area contributed by atoms with Gasteiger partial charge in [0.25, 0.3) is 0 Å². The average molecular weight is 1340 g/mol. The number of nitrogens with two attached hydrogens (primary N) is 1. The van der Waals surface area contributed by atoms with Gasteiger partial charge in [-0.3, -0.25) is 34.1 Å². The normalized spacial score (nSPS) is 20.6. The number of anilines is 6. The highest BCUT2D eigenvalue weighted by molar-refractivity contribution is 7.89.